The first-order valence-corrected chi connectivity index (χ1v) is 12.8. The van der Waals surface area contributed by atoms with Gasteiger partial charge < -0.3 is 0 Å². The fourth-order valence-corrected chi connectivity index (χ4v) is 6.15. The molecule has 0 heteroatoms. The minimum atomic E-state index is 0.0952. The third kappa shape index (κ3) is 4.28. The van der Waals surface area contributed by atoms with Gasteiger partial charge in [-0.05, 0) is 70.4 Å². The van der Waals surface area contributed by atoms with E-state index in [2.05, 4.69) is 70.7 Å². The quantitative estimate of drug-likeness (QED) is 0.340. The first kappa shape index (κ1) is 22.4. The van der Waals surface area contributed by atoms with E-state index in [9.17, 15) is 0 Å². The molecule has 3 unspecified atom stereocenters. The van der Waals surface area contributed by atoms with Gasteiger partial charge in [0, 0.05) is 5.41 Å². The highest BCUT2D eigenvalue weighted by Gasteiger charge is 2.43. The van der Waals surface area contributed by atoms with E-state index in [1.54, 1.807) is 16.7 Å². The lowest BCUT2D eigenvalue weighted by Gasteiger charge is -2.36. The summed E-state index contributed by atoms with van der Waals surface area (Å²) >= 11 is 0. The Morgan fingerprint density at radius 3 is 2.26 bits per heavy atom. The molecule has 0 nitrogen and oxygen atoms in total. The normalized spacial score (nSPS) is 21.8. The number of hydrogen-bond acceptors (Lipinski definition) is 0. The Bertz CT molecular complexity index is 916. The molecule has 166 valence electrons. The molecule has 0 aliphatic heterocycles. The molecule has 2 aromatic rings. The molecule has 0 saturated heterocycles. The van der Waals surface area contributed by atoms with Crippen LogP contribution < -0.4 is 0 Å². The van der Waals surface area contributed by atoms with Crippen molar-refractivity contribution in [3.8, 4) is 11.1 Å². The molecule has 2 aliphatic rings. The molecule has 4 rings (SSSR count). The maximum atomic E-state index is 3.98. The summed E-state index contributed by atoms with van der Waals surface area (Å²) in [5.41, 5.74) is 9.14. The fourth-order valence-electron chi connectivity index (χ4n) is 6.15. The summed E-state index contributed by atoms with van der Waals surface area (Å²) < 4.78 is 0. The van der Waals surface area contributed by atoms with E-state index in [1.165, 1.54) is 68.1 Å². The average molecular weight is 415 g/mol. The van der Waals surface area contributed by atoms with Crippen LogP contribution in [0.1, 0.15) is 94.9 Å². The molecule has 2 aromatic carbocycles. The van der Waals surface area contributed by atoms with Gasteiger partial charge in [0.1, 0.15) is 0 Å². The molecule has 0 spiro atoms. The topological polar surface area (TPSA) is 0 Å². The molecule has 1 saturated carbocycles. The van der Waals surface area contributed by atoms with Crippen molar-refractivity contribution in [3.05, 3.63) is 71.3 Å². The number of benzene rings is 2. The highest BCUT2D eigenvalue weighted by atomic mass is 14.5. The Labute approximate surface area is 191 Å². The van der Waals surface area contributed by atoms with Crippen LogP contribution in [0.15, 0.2) is 49.1 Å². The first-order valence-electron chi connectivity index (χ1n) is 12.8. The maximum Gasteiger partial charge on any atom is 0.0212 e. The second-order valence-electron chi connectivity index (χ2n) is 10.8. The highest BCUT2D eigenvalue weighted by molar-refractivity contribution is 5.81. The average Bonchev–Trinajstić information content (AvgIpc) is 2.98. The van der Waals surface area contributed by atoms with E-state index >= 15 is 0 Å². The standard InChI is InChI=1S/C31H42/c1-6-8-11-22(3)18-23(4)31(5)29-20-24(10-7-2)14-16-27(29)28-17-15-26(21-30(28)31)19-25-12-9-13-25/h7,14-17,20-23,25H,2,6,8-13,18-19H2,1,3-5H3. The van der Waals surface area contributed by atoms with E-state index < -0.39 is 0 Å². The molecule has 0 bridgehead atoms. The highest BCUT2D eigenvalue weighted by Crippen LogP contribution is 2.54. The Kier molecular flexibility index (Phi) is 6.75. The molecule has 0 amide bonds. The van der Waals surface area contributed by atoms with E-state index in [0.29, 0.717) is 5.92 Å². The molecule has 0 heterocycles. The summed E-state index contributed by atoms with van der Waals surface area (Å²) in [5.74, 6) is 2.32. The van der Waals surface area contributed by atoms with Crippen LogP contribution in [0.25, 0.3) is 11.1 Å². The van der Waals surface area contributed by atoms with Crippen LogP contribution in [-0.2, 0) is 18.3 Å². The summed E-state index contributed by atoms with van der Waals surface area (Å²) in [7, 11) is 0. The molecule has 3 atom stereocenters. The van der Waals surface area contributed by atoms with Gasteiger partial charge in [0.05, 0.1) is 0 Å². The third-order valence-electron chi connectivity index (χ3n) is 8.50. The Balaban J connectivity index is 1.73. The van der Waals surface area contributed by atoms with E-state index in [0.717, 1.165) is 18.3 Å². The first-order chi connectivity index (χ1) is 15.0. The van der Waals surface area contributed by atoms with Gasteiger partial charge in [0.25, 0.3) is 0 Å². The van der Waals surface area contributed by atoms with Crippen LogP contribution in [-0.4, -0.2) is 0 Å². The van der Waals surface area contributed by atoms with Gasteiger partial charge in [-0.3, -0.25) is 0 Å². The predicted octanol–water partition coefficient (Wildman–Crippen LogP) is 8.90. The summed E-state index contributed by atoms with van der Waals surface area (Å²) in [6.07, 6.45) is 13.8. The van der Waals surface area contributed by atoms with Gasteiger partial charge in [-0.25, -0.2) is 0 Å². The molecule has 0 aromatic heterocycles. The van der Waals surface area contributed by atoms with Crippen LogP contribution in [0.5, 0.6) is 0 Å². The molecular weight excluding hydrogens is 372 g/mol. The minimum absolute atomic E-state index is 0.0952. The number of allylic oxidation sites excluding steroid dienone is 1. The number of rotatable bonds is 10. The number of hydrogen-bond donors (Lipinski definition) is 0. The minimum Gasteiger partial charge on any atom is -0.103 e. The second kappa shape index (κ2) is 9.35. The van der Waals surface area contributed by atoms with Crippen molar-refractivity contribution < 1.29 is 0 Å². The fraction of sp³-hybridized carbons (Fsp3) is 0.548. The van der Waals surface area contributed by atoms with E-state index in [1.807, 2.05) is 6.08 Å². The Morgan fingerprint density at radius 2 is 1.68 bits per heavy atom. The maximum absolute atomic E-state index is 3.98. The van der Waals surface area contributed by atoms with Gasteiger partial charge in [0.15, 0.2) is 0 Å². The lowest BCUT2D eigenvalue weighted by Crippen LogP contribution is -2.31. The van der Waals surface area contributed by atoms with Gasteiger partial charge in [-0.15, -0.1) is 6.58 Å². The van der Waals surface area contributed by atoms with Gasteiger partial charge in [-0.1, -0.05) is 109 Å². The summed E-state index contributed by atoms with van der Waals surface area (Å²) in [6.45, 7) is 13.8. The Hall–Kier alpha value is -1.82. The van der Waals surface area contributed by atoms with Crippen molar-refractivity contribution in [2.24, 2.45) is 17.8 Å². The molecular formula is C31H42. The van der Waals surface area contributed by atoms with Crippen molar-refractivity contribution in [1.82, 2.24) is 0 Å². The lowest BCUT2D eigenvalue weighted by molar-refractivity contribution is 0.295. The van der Waals surface area contributed by atoms with Crippen LogP contribution in [0.4, 0.5) is 0 Å². The Morgan fingerprint density at radius 1 is 1.03 bits per heavy atom. The smallest absolute Gasteiger partial charge is 0.0212 e. The zero-order chi connectivity index (χ0) is 22.0. The van der Waals surface area contributed by atoms with Crippen molar-refractivity contribution in [2.75, 3.05) is 0 Å². The second-order valence-corrected chi connectivity index (χ2v) is 10.8. The van der Waals surface area contributed by atoms with Crippen LogP contribution in [0, 0.1) is 17.8 Å². The zero-order valence-corrected chi connectivity index (χ0v) is 20.3. The van der Waals surface area contributed by atoms with Crippen molar-refractivity contribution in [1.29, 1.82) is 0 Å². The molecule has 0 radical (unpaired) electrons. The molecule has 2 aliphatic carbocycles. The van der Waals surface area contributed by atoms with Gasteiger partial charge >= 0.3 is 0 Å². The molecule has 1 fully saturated rings. The summed E-state index contributed by atoms with van der Waals surface area (Å²) in [5, 5.41) is 0. The number of unbranched alkanes of at least 4 members (excludes halogenated alkanes) is 1. The van der Waals surface area contributed by atoms with Crippen LogP contribution in [0.2, 0.25) is 0 Å². The lowest BCUT2D eigenvalue weighted by atomic mass is 9.67. The summed E-state index contributed by atoms with van der Waals surface area (Å²) in [4.78, 5) is 0. The largest absolute Gasteiger partial charge is 0.103 e. The molecule has 31 heavy (non-hydrogen) atoms. The summed E-state index contributed by atoms with van der Waals surface area (Å²) in [6, 6.07) is 14.6. The zero-order valence-electron chi connectivity index (χ0n) is 20.3. The van der Waals surface area contributed by atoms with Crippen molar-refractivity contribution in [3.63, 3.8) is 0 Å². The third-order valence-corrected chi connectivity index (χ3v) is 8.50. The van der Waals surface area contributed by atoms with Crippen LogP contribution in [0.3, 0.4) is 0 Å². The van der Waals surface area contributed by atoms with Crippen molar-refractivity contribution >= 4 is 0 Å². The molecule has 0 N–H and O–H groups in total. The van der Waals surface area contributed by atoms with E-state index in [-0.39, 0.29) is 5.41 Å². The van der Waals surface area contributed by atoms with Gasteiger partial charge in [0.2, 0.25) is 0 Å². The van der Waals surface area contributed by atoms with E-state index in [4.69, 9.17) is 0 Å². The predicted molar refractivity (Wildman–Crippen MR) is 136 cm³/mol. The van der Waals surface area contributed by atoms with Gasteiger partial charge in [-0.2, -0.15) is 0 Å². The monoisotopic (exact) mass is 414 g/mol. The van der Waals surface area contributed by atoms with Crippen molar-refractivity contribution in [2.45, 2.75) is 90.9 Å². The van der Waals surface area contributed by atoms with Crippen LogP contribution >= 0.6 is 0 Å². The number of fused-ring (bicyclic) bond motifs is 3. The SMILES string of the molecule is C=CCc1ccc2c(c1)C(C)(C(C)CC(C)CCCC)c1cc(CC3CCC3)ccc1-2.